The highest BCUT2D eigenvalue weighted by molar-refractivity contribution is 5.90. The van der Waals surface area contributed by atoms with Gasteiger partial charge in [-0.15, -0.1) is 0 Å². The Labute approximate surface area is 81.5 Å². The van der Waals surface area contributed by atoms with Gasteiger partial charge in [-0.2, -0.15) is 5.26 Å². The number of carboxylic acids is 1. The Bertz CT molecular complexity index is 383. The molecule has 2 rings (SSSR count). The molecule has 0 aromatic carbocycles. The summed E-state index contributed by atoms with van der Waals surface area (Å²) in [7, 11) is 0. The summed E-state index contributed by atoms with van der Waals surface area (Å²) < 4.78 is 0. The van der Waals surface area contributed by atoms with Crippen LogP contribution in [0.1, 0.15) is 12.8 Å². The second-order valence-corrected chi connectivity index (χ2v) is 3.60. The van der Waals surface area contributed by atoms with Crippen LogP contribution in [0, 0.1) is 16.7 Å². The lowest BCUT2D eigenvalue weighted by atomic mass is 9.99. The number of allylic oxidation sites excluding steroid dienone is 1. The van der Waals surface area contributed by atoms with Crippen molar-refractivity contribution in [2.24, 2.45) is 5.41 Å². The Hall–Kier alpha value is -1.76. The van der Waals surface area contributed by atoms with Gasteiger partial charge < -0.3 is 10.4 Å². The third-order valence-corrected chi connectivity index (χ3v) is 2.64. The Morgan fingerprint density at radius 2 is 2.36 bits per heavy atom. The number of nitrogens with one attached hydrogen (secondary N) is 1. The third kappa shape index (κ3) is 1.27. The highest BCUT2D eigenvalue weighted by atomic mass is 16.4. The van der Waals surface area contributed by atoms with Crippen LogP contribution in [-0.4, -0.2) is 17.6 Å². The molecule has 72 valence electrons. The maximum atomic E-state index is 10.7. The number of aliphatic carboxylic acids is 1. The van der Waals surface area contributed by atoms with Crippen LogP contribution in [-0.2, 0) is 4.79 Å². The average molecular weight is 190 g/mol. The minimum atomic E-state index is -0.933. The van der Waals surface area contributed by atoms with Crippen molar-refractivity contribution in [1.29, 1.82) is 5.26 Å². The summed E-state index contributed by atoms with van der Waals surface area (Å²) in [6.45, 7) is 0.497. The summed E-state index contributed by atoms with van der Waals surface area (Å²) in [6.07, 6.45) is 4.84. The van der Waals surface area contributed by atoms with E-state index in [0.717, 1.165) is 18.5 Å². The van der Waals surface area contributed by atoms with Crippen LogP contribution in [0.4, 0.5) is 0 Å². The number of nitrogens with zero attached hydrogens (tertiary/aromatic N) is 1. The Morgan fingerprint density at radius 3 is 2.86 bits per heavy atom. The van der Waals surface area contributed by atoms with Crippen LogP contribution in [0.15, 0.2) is 23.4 Å². The van der Waals surface area contributed by atoms with Crippen molar-refractivity contribution < 1.29 is 9.90 Å². The Morgan fingerprint density at radius 1 is 1.64 bits per heavy atom. The first kappa shape index (κ1) is 8.82. The molecule has 4 heteroatoms. The molecule has 0 atom stereocenters. The molecule has 0 unspecified atom stereocenters. The van der Waals surface area contributed by atoms with Gasteiger partial charge in [-0.05, 0) is 18.9 Å². The predicted octanol–water partition coefficient (Wildman–Crippen LogP) is 0.788. The largest absolute Gasteiger partial charge is 0.478 e. The van der Waals surface area contributed by atoms with E-state index >= 15 is 0 Å². The van der Waals surface area contributed by atoms with Crippen molar-refractivity contribution in [2.75, 3.05) is 6.54 Å². The highest BCUT2D eigenvalue weighted by Crippen LogP contribution is 2.50. The fraction of sp³-hybridized carbons (Fsp3) is 0.400. The van der Waals surface area contributed by atoms with Gasteiger partial charge in [0.2, 0.25) is 0 Å². The van der Waals surface area contributed by atoms with E-state index < -0.39 is 11.4 Å². The SMILES string of the molecule is N#CC1(C2=CC(C(=O)O)=CCN2)CC1. The second-order valence-electron chi connectivity index (χ2n) is 3.60. The van der Waals surface area contributed by atoms with Crippen molar-refractivity contribution >= 4 is 5.97 Å². The molecule has 2 N–H and O–H groups in total. The molecule has 1 saturated carbocycles. The lowest BCUT2D eigenvalue weighted by Crippen LogP contribution is -2.25. The zero-order valence-corrected chi connectivity index (χ0v) is 7.58. The van der Waals surface area contributed by atoms with Gasteiger partial charge in [0.25, 0.3) is 0 Å². The normalized spacial score (nSPS) is 22.5. The monoisotopic (exact) mass is 190 g/mol. The van der Waals surface area contributed by atoms with Gasteiger partial charge in [0, 0.05) is 12.2 Å². The van der Waals surface area contributed by atoms with E-state index in [0.29, 0.717) is 6.54 Å². The quantitative estimate of drug-likeness (QED) is 0.675. The van der Waals surface area contributed by atoms with Gasteiger partial charge in [0.1, 0.15) is 0 Å². The molecule has 14 heavy (non-hydrogen) atoms. The number of rotatable bonds is 2. The summed E-state index contributed by atoms with van der Waals surface area (Å²) in [4.78, 5) is 10.7. The molecule has 0 spiro atoms. The number of carboxylic acid groups (broad SMARTS) is 1. The van der Waals surface area contributed by atoms with E-state index in [1.807, 2.05) is 0 Å². The number of carbonyl (C=O) groups is 1. The van der Waals surface area contributed by atoms with Crippen LogP contribution in [0.3, 0.4) is 0 Å². The van der Waals surface area contributed by atoms with E-state index in [1.165, 1.54) is 0 Å². The molecule has 2 aliphatic rings. The van der Waals surface area contributed by atoms with Crippen LogP contribution >= 0.6 is 0 Å². The molecular weight excluding hydrogens is 180 g/mol. The van der Waals surface area contributed by atoms with E-state index in [2.05, 4.69) is 11.4 Å². The van der Waals surface area contributed by atoms with Crippen molar-refractivity contribution in [1.82, 2.24) is 5.32 Å². The molecule has 0 aromatic heterocycles. The van der Waals surface area contributed by atoms with Gasteiger partial charge in [-0.1, -0.05) is 6.08 Å². The van der Waals surface area contributed by atoms with Crippen LogP contribution in [0.2, 0.25) is 0 Å². The molecule has 0 amide bonds. The minimum absolute atomic E-state index is 0.278. The molecule has 1 aliphatic heterocycles. The summed E-state index contributed by atoms with van der Waals surface area (Å²) in [5.74, 6) is -0.933. The van der Waals surface area contributed by atoms with E-state index in [-0.39, 0.29) is 5.57 Å². The highest BCUT2D eigenvalue weighted by Gasteiger charge is 2.47. The number of dihydropyridines is 1. The standard InChI is InChI=1S/C10H10N2O2/c11-6-10(2-3-10)8-5-7(9(13)14)1-4-12-8/h1,5,12H,2-4H2,(H,13,14). The van der Waals surface area contributed by atoms with Gasteiger partial charge >= 0.3 is 5.97 Å². The first-order valence-corrected chi connectivity index (χ1v) is 4.49. The smallest absolute Gasteiger partial charge is 0.335 e. The van der Waals surface area contributed by atoms with Gasteiger partial charge in [-0.3, -0.25) is 0 Å². The molecule has 4 nitrogen and oxygen atoms in total. The van der Waals surface area contributed by atoms with Gasteiger partial charge in [0.05, 0.1) is 17.1 Å². The van der Waals surface area contributed by atoms with Crippen molar-refractivity contribution in [3.8, 4) is 6.07 Å². The van der Waals surface area contributed by atoms with Gasteiger partial charge in [-0.25, -0.2) is 4.79 Å². The first-order chi connectivity index (χ1) is 6.68. The molecular formula is C10H10N2O2. The molecule has 0 saturated heterocycles. The zero-order valence-electron chi connectivity index (χ0n) is 7.58. The predicted molar refractivity (Wildman–Crippen MR) is 49.1 cm³/mol. The average Bonchev–Trinajstić information content (AvgIpc) is 2.98. The van der Waals surface area contributed by atoms with Crippen molar-refractivity contribution in [3.63, 3.8) is 0 Å². The number of hydrogen-bond donors (Lipinski definition) is 2. The molecule has 0 bridgehead atoms. The van der Waals surface area contributed by atoms with Crippen LogP contribution in [0.25, 0.3) is 0 Å². The van der Waals surface area contributed by atoms with Crippen molar-refractivity contribution in [2.45, 2.75) is 12.8 Å². The summed E-state index contributed by atoms with van der Waals surface area (Å²) in [6, 6.07) is 2.23. The summed E-state index contributed by atoms with van der Waals surface area (Å²) in [5.41, 5.74) is 0.620. The summed E-state index contributed by atoms with van der Waals surface area (Å²) >= 11 is 0. The van der Waals surface area contributed by atoms with E-state index in [1.54, 1.807) is 12.2 Å². The molecule has 0 radical (unpaired) electrons. The Balaban J connectivity index is 2.27. The summed E-state index contributed by atoms with van der Waals surface area (Å²) in [5, 5.41) is 20.8. The van der Waals surface area contributed by atoms with Crippen molar-refractivity contribution in [3.05, 3.63) is 23.4 Å². The lowest BCUT2D eigenvalue weighted by molar-refractivity contribution is -0.132. The van der Waals surface area contributed by atoms with E-state index in [9.17, 15) is 4.79 Å². The number of hydrogen-bond acceptors (Lipinski definition) is 3. The van der Waals surface area contributed by atoms with Crippen LogP contribution < -0.4 is 5.32 Å². The van der Waals surface area contributed by atoms with Gasteiger partial charge in [0.15, 0.2) is 0 Å². The maximum absolute atomic E-state index is 10.7. The molecule has 0 aromatic rings. The van der Waals surface area contributed by atoms with E-state index in [4.69, 9.17) is 10.4 Å². The maximum Gasteiger partial charge on any atom is 0.335 e. The molecule has 1 aliphatic carbocycles. The first-order valence-electron chi connectivity index (χ1n) is 4.49. The Kier molecular flexibility index (Phi) is 1.81. The molecule has 1 fully saturated rings. The fourth-order valence-corrected chi connectivity index (χ4v) is 1.56. The second kappa shape index (κ2) is 2.88. The minimum Gasteiger partial charge on any atom is -0.478 e. The third-order valence-electron chi connectivity index (χ3n) is 2.64. The lowest BCUT2D eigenvalue weighted by Gasteiger charge is -2.17. The topological polar surface area (TPSA) is 73.1 Å². The fourth-order valence-electron chi connectivity index (χ4n) is 1.56. The molecule has 1 heterocycles. The number of nitriles is 1. The van der Waals surface area contributed by atoms with Crippen LogP contribution in [0.5, 0.6) is 0 Å². The zero-order chi connectivity index (χ0) is 10.2.